The number of imide groups is 1. The molecule has 0 unspecified atom stereocenters. The van der Waals surface area contributed by atoms with E-state index in [0.717, 1.165) is 34.2 Å². The van der Waals surface area contributed by atoms with E-state index in [1.54, 1.807) is 30.3 Å². The zero-order valence-electron chi connectivity index (χ0n) is 22.9. The van der Waals surface area contributed by atoms with E-state index in [1.165, 1.54) is 12.0 Å². The second-order valence-electron chi connectivity index (χ2n) is 9.67. The monoisotopic (exact) mass is 671 g/mol. The summed E-state index contributed by atoms with van der Waals surface area (Å²) in [5, 5.41) is -0.349. The number of carbonyl (C=O) groups is 3. The zero-order valence-corrected chi connectivity index (χ0v) is 25.9. The Hall–Kier alpha value is -3.31. The van der Waals surface area contributed by atoms with Crippen LogP contribution in [0.3, 0.4) is 0 Å². The van der Waals surface area contributed by atoms with Crippen LogP contribution in [-0.2, 0) is 4.79 Å². The summed E-state index contributed by atoms with van der Waals surface area (Å²) in [5.41, 5.74) is 4.26. The number of aryl methyl sites for hydroxylation is 2. The quantitative estimate of drug-likeness (QED) is 0.102. The van der Waals surface area contributed by atoms with Gasteiger partial charge in [-0.25, -0.2) is 4.79 Å². The molecule has 7 nitrogen and oxygen atoms in total. The molecule has 0 N–H and O–H groups in total. The van der Waals surface area contributed by atoms with Crippen LogP contribution in [-0.4, -0.2) is 42.3 Å². The van der Waals surface area contributed by atoms with Gasteiger partial charge in [0.05, 0.1) is 27.7 Å². The predicted octanol–water partition coefficient (Wildman–Crippen LogP) is 7.37. The first-order chi connectivity index (χ1) is 19.1. The topological polar surface area (TPSA) is 82.1 Å². The zero-order chi connectivity index (χ0) is 29.0. The van der Waals surface area contributed by atoms with Gasteiger partial charge < -0.3 is 14.2 Å². The van der Waals surface area contributed by atoms with E-state index in [4.69, 9.17) is 14.2 Å². The lowest BCUT2D eigenvalue weighted by atomic mass is 10.0. The van der Waals surface area contributed by atoms with Crippen molar-refractivity contribution in [1.29, 1.82) is 0 Å². The minimum atomic E-state index is -0.501. The highest BCUT2D eigenvalue weighted by atomic mass is 127. The van der Waals surface area contributed by atoms with Crippen LogP contribution in [0.15, 0.2) is 59.5 Å². The molecule has 0 spiro atoms. The predicted molar refractivity (Wildman–Crippen MR) is 165 cm³/mol. The standard InChI is InChI=1S/C31H30INO6S/c1-18(2)23-11-8-20(4)14-25(23)38-13-12-33-29(34)27(40-31(33)36)17-21-15-24(32)28(26(16-21)37-5)39-30(35)22-9-6-19(3)7-10-22/h6-11,14-18H,12-13H2,1-5H3/b27-17-. The van der Waals surface area contributed by atoms with Gasteiger partial charge in [0.1, 0.15) is 12.4 Å². The van der Waals surface area contributed by atoms with Gasteiger partial charge in [-0.3, -0.25) is 14.5 Å². The maximum Gasteiger partial charge on any atom is 0.343 e. The molecule has 40 heavy (non-hydrogen) atoms. The highest BCUT2D eigenvalue weighted by Gasteiger charge is 2.35. The van der Waals surface area contributed by atoms with Gasteiger partial charge in [0.25, 0.3) is 11.1 Å². The summed E-state index contributed by atoms with van der Waals surface area (Å²) in [4.78, 5) is 39.9. The molecule has 0 atom stereocenters. The fourth-order valence-corrected chi connectivity index (χ4v) is 5.70. The molecule has 9 heteroatoms. The minimum absolute atomic E-state index is 0.141. The average molecular weight is 672 g/mol. The van der Waals surface area contributed by atoms with Crippen LogP contribution in [0.25, 0.3) is 6.08 Å². The normalized spacial score (nSPS) is 14.3. The number of ether oxygens (including phenoxy) is 3. The first kappa shape index (κ1) is 29.7. The molecule has 2 amide bonds. The van der Waals surface area contributed by atoms with Crippen molar-refractivity contribution in [1.82, 2.24) is 4.90 Å². The highest BCUT2D eigenvalue weighted by Crippen LogP contribution is 2.38. The van der Waals surface area contributed by atoms with Crippen molar-refractivity contribution in [2.75, 3.05) is 20.3 Å². The summed E-state index contributed by atoms with van der Waals surface area (Å²) in [5.74, 6) is 0.794. The number of hydrogen-bond acceptors (Lipinski definition) is 7. The summed E-state index contributed by atoms with van der Waals surface area (Å²) >= 11 is 2.93. The van der Waals surface area contributed by atoms with Crippen LogP contribution in [0.2, 0.25) is 0 Å². The van der Waals surface area contributed by atoms with E-state index in [9.17, 15) is 14.4 Å². The molecule has 208 valence electrons. The summed E-state index contributed by atoms with van der Waals surface area (Å²) < 4.78 is 17.7. The lowest BCUT2D eigenvalue weighted by molar-refractivity contribution is -0.123. The summed E-state index contributed by atoms with van der Waals surface area (Å²) in [6, 6.07) is 16.6. The molecule has 1 aliphatic rings. The van der Waals surface area contributed by atoms with E-state index in [0.29, 0.717) is 25.4 Å². The third-order valence-electron chi connectivity index (χ3n) is 6.27. The second kappa shape index (κ2) is 12.9. The van der Waals surface area contributed by atoms with Crippen molar-refractivity contribution in [3.63, 3.8) is 0 Å². The Morgan fingerprint density at radius 2 is 1.70 bits per heavy atom. The van der Waals surface area contributed by atoms with Crippen molar-refractivity contribution in [3.05, 3.63) is 90.9 Å². The molecule has 1 fully saturated rings. The molecule has 0 radical (unpaired) electrons. The number of amides is 2. The van der Waals surface area contributed by atoms with Crippen LogP contribution in [0.4, 0.5) is 4.79 Å². The average Bonchev–Trinajstić information content (AvgIpc) is 3.17. The number of rotatable bonds is 9. The third kappa shape index (κ3) is 6.87. The molecule has 0 saturated carbocycles. The SMILES string of the molecule is COc1cc(/C=C2\SC(=O)N(CCOc3cc(C)ccc3C(C)C)C2=O)cc(I)c1OC(=O)c1ccc(C)cc1. The molecule has 4 rings (SSSR count). The van der Waals surface area contributed by atoms with Crippen LogP contribution in [0.1, 0.15) is 52.4 Å². The number of nitrogens with zero attached hydrogens (tertiary/aromatic N) is 1. The van der Waals surface area contributed by atoms with Crippen LogP contribution in [0, 0.1) is 17.4 Å². The third-order valence-corrected chi connectivity index (χ3v) is 7.98. The minimum Gasteiger partial charge on any atom is -0.493 e. The summed E-state index contributed by atoms with van der Waals surface area (Å²) in [6.07, 6.45) is 1.64. The Kier molecular flexibility index (Phi) is 9.57. The maximum absolute atomic E-state index is 13.1. The van der Waals surface area contributed by atoms with Gasteiger partial charge in [-0.05, 0) is 107 Å². The molecule has 3 aromatic rings. The van der Waals surface area contributed by atoms with Crippen molar-refractivity contribution in [3.8, 4) is 17.2 Å². The van der Waals surface area contributed by atoms with Gasteiger partial charge in [-0.15, -0.1) is 0 Å². The number of benzene rings is 3. The van der Waals surface area contributed by atoms with Crippen molar-refractivity contribution < 1.29 is 28.6 Å². The molecule has 1 saturated heterocycles. The summed E-state index contributed by atoms with van der Waals surface area (Å²) in [6.45, 7) is 8.46. The number of esters is 1. The largest absolute Gasteiger partial charge is 0.493 e. The van der Waals surface area contributed by atoms with Crippen molar-refractivity contribution >= 4 is 57.5 Å². The molecule has 0 bridgehead atoms. The molecule has 0 aromatic heterocycles. The van der Waals surface area contributed by atoms with E-state index < -0.39 is 5.97 Å². The van der Waals surface area contributed by atoms with Crippen LogP contribution >= 0.6 is 34.4 Å². The first-order valence-corrected chi connectivity index (χ1v) is 14.6. The number of thioether (sulfide) groups is 1. The first-order valence-electron chi connectivity index (χ1n) is 12.7. The van der Waals surface area contributed by atoms with Crippen molar-refractivity contribution in [2.24, 2.45) is 0 Å². The van der Waals surface area contributed by atoms with E-state index in [1.807, 2.05) is 44.2 Å². The number of halogens is 1. The van der Waals surface area contributed by atoms with Crippen molar-refractivity contribution in [2.45, 2.75) is 33.6 Å². The number of carbonyl (C=O) groups excluding carboxylic acids is 3. The molecule has 3 aromatic carbocycles. The highest BCUT2D eigenvalue weighted by molar-refractivity contribution is 14.1. The molecular weight excluding hydrogens is 641 g/mol. The number of methoxy groups -OCH3 is 1. The van der Waals surface area contributed by atoms with E-state index >= 15 is 0 Å². The number of hydrogen-bond donors (Lipinski definition) is 0. The van der Waals surface area contributed by atoms with Gasteiger partial charge in [-0.1, -0.05) is 43.7 Å². The van der Waals surface area contributed by atoms with E-state index in [2.05, 4.69) is 36.4 Å². The van der Waals surface area contributed by atoms with Gasteiger partial charge >= 0.3 is 5.97 Å². The fraction of sp³-hybridized carbons (Fsp3) is 0.258. The lowest BCUT2D eigenvalue weighted by Crippen LogP contribution is -2.32. The Morgan fingerprint density at radius 3 is 2.38 bits per heavy atom. The molecule has 0 aliphatic carbocycles. The summed E-state index contributed by atoms with van der Waals surface area (Å²) in [7, 11) is 1.48. The van der Waals surface area contributed by atoms with Crippen LogP contribution < -0.4 is 14.2 Å². The Balaban J connectivity index is 1.47. The molecular formula is C31H30INO6S. The molecule has 1 aliphatic heterocycles. The molecule has 1 heterocycles. The van der Waals surface area contributed by atoms with Gasteiger partial charge in [-0.2, -0.15) is 0 Å². The lowest BCUT2D eigenvalue weighted by Gasteiger charge is -2.17. The van der Waals surface area contributed by atoms with Gasteiger partial charge in [0, 0.05) is 0 Å². The Morgan fingerprint density at radius 1 is 1.00 bits per heavy atom. The Bertz CT molecular complexity index is 1480. The fourth-order valence-electron chi connectivity index (χ4n) is 4.10. The van der Waals surface area contributed by atoms with E-state index in [-0.39, 0.29) is 36.0 Å². The Labute approximate surface area is 252 Å². The van der Waals surface area contributed by atoms with Gasteiger partial charge in [0.2, 0.25) is 0 Å². The van der Waals surface area contributed by atoms with Crippen LogP contribution in [0.5, 0.6) is 17.2 Å². The smallest absolute Gasteiger partial charge is 0.343 e. The maximum atomic E-state index is 13.1. The second-order valence-corrected chi connectivity index (χ2v) is 11.8. The van der Waals surface area contributed by atoms with Gasteiger partial charge in [0.15, 0.2) is 11.5 Å².